The lowest BCUT2D eigenvalue weighted by molar-refractivity contribution is 0.0982. The average Bonchev–Trinajstić information content (AvgIpc) is 2.82. The molecule has 1 aliphatic rings. The van der Waals surface area contributed by atoms with Gasteiger partial charge in [-0.3, -0.25) is 10.6 Å². The molecule has 1 atom stereocenters. The van der Waals surface area contributed by atoms with E-state index in [2.05, 4.69) is 5.43 Å². The molecule has 1 amide bonds. The van der Waals surface area contributed by atoms with Gasteiger partial charge in [-0.25, -0.2) is 4.39 Å². The van der Waals surface area contributed by atoms with E-state index < -0.39 is 5.82 Å². The molecule has 4 nitrogen and oxygen atoms in total. The minimum Gasteiger partial charge on any atom is -0.321 e. The fraction of sp³-hybridized carbons (Fsp3) is 0.188. The molecule has 21 heavy (non-hydrogen) atoms. The van der Waals surface area contributed by atoms with Crippen molar-refractivity contribution in [3.63, 3.8) is 0 Å². The molecule has 0 aromatic heterocycles. The Morgan fingerprint density at radius 3 is 2.81 bits per heavy atom. The summed E-state index contributed by atoms with van der Waals surface area (Å²) in [5, 5.41) is 0. The van der Waals surface area contributed by atoms with Crippen LogP contribution in [0.5, 0.6) is 0 Å². The first-order valence-corrected chi connectivity index (χ1v) is 6.80. The van der Waals surface area contributed by atoms with Gasteiger partial charge in [-0.2, -0.15) is 0 Å². The Balaban J connectivity index is 2.06. The average molecular weight is 285 g/mol. The van der Waals surface area contributed by atoms with Gasteiger partial charge in [0.15, 0.2) is 0 Å². The molecule has 3 rings (SSSR count). The maximum atomic E-state index is 13.8. The summed E-state index contributed by atoms with van der Waals surface area (Å²) >= 11 is 0. The number of benzene rings is 2. The van der Waals surface area contributed by atoms with Gasteiger partial charge in [-0.05, 0) is 37.1 Å². The number of nitrogens with one attached hydrogen (secondary N) is 1. The number of carbonyl (C=O) groups excluding carboxylic acids is 1. The Labute approximate surface area is 122 Å². The van der Waals surface area contributed by atoms with Crippen molar-refractivity contribution in [3.05, 3.63) is 59.4 Å². The lowest BCUT2D eigenvalue weighted by Gasteiger charge is -2.24. The second-order valence-electron chi connectivity index (χ2n) is 5.16. The van der Waals surface area contributed by atoms with E-state index in [4.69, 9.17) is 5.84 Å². The standard InChI is InChI=1S/C16H16FN3O/c1-10-9-11-5-2-3-8-14(11)20(10)16(21)12-6-4-7-13(17)15(12)19-18/h2-8,10,19H,9,18H2,1H3. The predicted molar refractivity (Wildman–Crippen MR) is 80.6 cm³/mol. The number of rotatable bonds is 2. The van der Waals surface area contributed by atoms with Crippen LogP contribution in [0.2, 0.25) is 0 Å². The van der Waals surface area contributed by atoms with Crippen LogP contribution in [0.15, 0.2) is 42.5 Å². The summed E-state index contributed by atoms with van der Waals surface area (Å²) in [6, 6.07) is 12.2. The van der Waals surface area contributed by atoms with E-state index in [9.17, 15) is 9.18 Å². The van der Waals surface area contributed by atoms with Gasteiger partial charge >= 0.3 is 0 Å². The predicted octanol–water partition coefficient (Wildman–Crippen LogP) is 2.70. The van der Waals surface area contributed by atoms with E-state index in [1.165, 1.54) is 12.1 Å². The molecular weight excluding hydrogens is 269 g/mol. The van der Waals surface area contributed by atoms with Crippen LogP contribution in [-0.4, -0.2) is 11.9 Å². The molecular formula is C16H16FN3O. The van der Waals surface area contributed by atoms with Crippen molar-refractivity contribution in [2.45, 2.75) is 19.4 Å². The molecule has 2 aromatic carbocycles. The van der Waals surface area contributed by atoms with Gasteiger partial charge in [-0.15, -0.1) is 0 Å². The summed E-state index contributed by atoms with van der Waals surface area (Å²) in [5.74, 6) is 4.57. The summed E-state index contributed by atoms with van der Waals surface area (Å²) in [4.78, 5) is 14.5. The first kappa shape index (κ1) is 13.6. The van der Waals surface area contributed by atoms with E-state index in [1.54, 1.807) is 11.0 Å². The van der Waals surface area contributed by atoms with Gasteiger partial charge in [0.2, 0.25) is 0 Å². The van der Waals surface area contributed by atoms with Crippen LogP contribution < -0.4 is 16.2 Å². The summed E-state index contributed by atoms with van der Waals surface area (Å²) < 4.78 is 13.8. The normalized spacial score (nSPS) is 16.7. The van der Waals surface area contributed by atoms with E-state index in [0.29, 0.717) is 0 Å². The zero-order chi connectivity index (χ0) is 15.0. The summed E-state index contributed by atoms with van der Waals surface area (Å²) in [7, 11) is 0. The fourth-order valence-corrected chi connectivity index (χ4v) is 2.85. The van der Waals surface area contributed by atoms with Crippen LogP contribution in [0.4, 0.5) is 15.8 Å². The second kappa shape index (κ2) is 5.18. The third-order valence-electron chi connectivity index (χ3n) is 3.81. The Hall–Kier alpha value is -2.40. The molecule has 3 N–H and O–H groups in total. The van der Waals surface area contributed by atoms with Crippen LogP contribution in [0.3, 0.4) is 0 Å². The van der Waals surface area contributed by atoms with Crippen LogP contribution in [0.25, 0.3) is 0 Å². The van der Waals surface area contributed by atoms with E-state index in [1.807, 2.05) is 31.2 Å². The maximum Gasteiger partial charge on any atom is 0.260 e. The van der Waals surface area contributed by atoms with Crippen LogP contribution in [-0.2, 0) is 6.42 Å². The highest BCUT2D eigenvalue weighted by Gasteiger charge is 2.32. The molecule has 2 aromatic rings. The van der Waals surface area contributed by atoms with Gasteiger partial charge in [-0.1, -0.05) is 24.3 Å². The monoisotopic (exact) mass is 285 g/mol. The van der Waals surface area contributed by atoms with Gasteiger partial charge in [0.25, 0.3) is 5.91 Å². The van der Waals surface area contributed by atoms with Crippen LogP contribution in [0, 0.1) is 5.82 Å². The number of carbonyl (C=O) groups is 1. The summed E-state index contributed by atoms with van der Waals surface area (Å²) in [5.41, 5.74) is 4.55. The number of hydrogen-bond donors (Lipinski definition) is 2. The zero-order valence-electron chi connectivity index (χ0n) is 11.6. The van der Waals surface area contributed by atoms with Gasteiger partial charge in [0, 0.05) is 11.7 Å². The van der Waals surface area contributed by atoms with Crippen molar-refractivity contribution in [3.8, 4) is 0 Å². The molecule has 0 spiro atoms. The molecule has 0 fully saturated rings. The first-order valence-electron chi connectivity index (χ1n) is 6.80. The van der Waals surface area contributed by atoms with E-state index in [-0.39, 0.29) is 23.2 Å². The smallest absolute Gasteiger partial charge is 0.260 e. The quantitative estimate of drug-likeness (QED) is 0.659. The Morgan fingerprint density at radius 2 is 2.05 bits per heavy atom. The highest BCUT2D eigenvalue weighted by molar-refractivity contribution is 6.11. The van der Waals surface area contributed by atoms with Crippen molar-refractivity contribution in [2.24, 2.45) is 5.84 Å². The number of nitrogens with zero attached hydrogens (tertiary/aromatic N) is 1. The number of anilines is 2. The summed E-state index contributed by atoms with van der Waals surface area (Å²) in [6.45, 7) is 1.98. The zero-order valence-corrected chi connectivity index (χ0v) is 11.6. The third-order valence-corrected chi connectivity index (χ3v) is 3.81. The molecule has 1 unspecified atom stereocenters. The number of hydrazine groups is 1. The Kier molecular flexibility index (Phi) is 3.35. The van der Waals surface area contributed by atoms with Crippen LogP contribution in [0.1, 0.15) is 22.8 Å². The first-order chi connectivity index (χ1) is 10.1. The third kappa shape index (κ3) is 2.15. The number of nitrogen functional groups attached to an aromatic ring is 1. The molecule has 5 heteroatoms. The SMILES string of the molecule is CC1Cc2ccccc2N1C(=O)c1cccc(F)c1NN. The van der Waals surface area contributed by atoms with Crippen molar-refractivity contribution < 1.29 is 9.18 Å². The lowest BCUT2D eigenvalue weighted by atomic mass is 10.1. The van der Waals surface area contributed by atoms with E-state index >= 15 is 0 Å². The molecule has 108 valence electrons. The molecule has 1 heterocycles. The van der Waals surface area contributed by atoms with Crippen molar-refractivity contribution in [1.82, 2.24) is 0 Å². The molecule has 1 aliphatic heterocycles. The van der Waals surface area contributed by atoms with Gasteiger partial charge < -0.3 is 10.3 Å². The van der Waals surface area contributed by atoms with Gasteiger partial charge in [0.05, 0.1) is 11.3 Å². The number of hydrogen-bond acceptors (Lipinski definition) is 3. The minimum absolute atomic E-state index is 0.0269. The molecule has 0 saturated carbocycles. The van der Waals surface area contributed by atoms with Crippen LogP contribution >= 0.6 is 0 Å². The molecule has 0 saturated heterocycles. The van der Waals surface area contributed by atoms with Crippen molar-refractivity contribution in [1.29, 1.82) is 0 Å². The molecule has 0 bridgehead atoms. The highest BCUT2D eigenvalue weighted by Crippen LogP contribution is 2.34. The Morgan fingerprint density at radius 1 is 1.29 bits per heavy atom. The van der Waals surface area contributed by atoms with Gasteiger partial charge in [0.1, 0.15) is 5.82 Å². The number of halogens is 1. The maximum absolute atomic E-state index is 13.8. The highest BCUT2D eigenvalue weighted by atomic mass is 19.1. The number of amides is 1. The van der Waals surface area contributed by atoms with Crippen molar-refractivity contribution in [2.75, 3.05) is 10.3 Å². The molecule has 0 radical (unpaired) electrons. The number of para-hydroxylation sites is 2. The minimum atomic E-state index is -0.538. The molecule has 0 aliphatic carbocycles. The van der Waals surface area contributed by atoms with E-state index in [0.717, 1.165) is 17.7 Å². The number of nitrogens with two attached hydrogens (primary N) is 1. The topological polar surface area (TPSA) is 58.4 Å². The Bertz CT molecular complexity index is 702. The summed E-state index contributed by atoms with van der Waals surface area (Å²) in [6.07, 6.45) is 0.794. The van der Waals surface area contributed by atoms with Crippen molar-refractivity contribution >= 4 is 17.3 Å². The number of fused-ring (bicyclic) bond motifs is 1. The second-order valence-corrected chi connectivity index (χ2v) is 5.16. The fourth-order valence-electron chi connectivity index (χ4n) is 2.85. The lowest BCUT2D eigenvalue weighted by Crippen LogP contribution is -2.36. The largest absolute Gasteiger partial charge is 0.321 e.